The van der Waals surface area contributed by atoms with Crippen LogP contribution in [0.3, 0.4) is 0 Å². The third-order valence-corrected chi connectivity index (χ3v) is 4.67. The number of carbonyl (C=O) groups excluding carboxylic acids is 2. The summed E-state index contributed by atoms with van der Waals surface area (Å²) in [5.41, 5.74) is 4.89. The van der Waals surface area contributed by atoms with Crippen LogP contribution in [0.4, 0.5) is 0 Å². The lowest BCUT2D eigenvalue weighted by atomic mass is 10.1. The van der Waals surface area contributed by atoms with E-state index in [9.17, 15) is 18.0 Å². The number of ether oxygens (including phenoxy) is 1. The van der Waals surface area contributed by atoms with Gasteiger partial charge in [0.1, 0.15) is 6.04 Å². The summed E-state index contributed by atoms with van der Waals surface area (Å²) in [7, 11) is -3.89. The fraction of sp³-hybridized carbons (Fsp3) is 0.385. The van der Waals surface area contributed by atoms with Gasteiger partial charge in [-0.2, -0.15) is 4.72 Å². The molecule has 1 rings (SSSR count). The van der Waals surface area contributed by atoms with E-state index in [1.807, 2.05) is 0 Å². The van der Waals surface area contributed by atoms with Crippen LogP contribution in [-0.4, -0.2) is 32.9 Å². The van der Waals surface area contributed by atoms with Gasteiger partial charge in [-0.3, -0.25) is 9.59 Å². The molecule has 122 valence electrons. The fourth-order valence-electron chi connectivity index (χ4n) is 1.54. The Balaban J connectivity index is 2.92. The second-order valence-electron chi connectivity index (χ2n) is 4.87. The Morgan fingerprint density at radius 3 is 2.27 bits per heavy atom. The van der Waals surface area contributed by atoms with Crippen molar-refractivity contribution in [2.75, 3.05) is 6.61 Å². The molecule has 22 heavy (non-hydrogen) atoms. The number of rotatable bonds is 7. The Morgan fingerprint density at radius 2 is 1.82 bits per heavy atom. The van der Waals surface area contributed by atoms with Crippen LogP contribution in [0.15, 0.2) is 33.6 Å². The van der Waals surface area contributed by atoms with Crippen molar-refractivity contribution in [3.8, 4) is 0 Å². The highest BCUT2D eigenvalue weighted by Crippen LogP contribution is 2.16. The van der Waals surface area contributed by atoms with Crippen molar-refractivity contribution in [1.29, 1.82) is 0 Å². The van der Waals surface area contributed by atoms with E-state index in [-0.39, 0.29) is 10.8 Å². The Labute approximate surface area is 137 Å². The molecule has 0 unspecified atom stereocenters. The van der Waals surface area contributed by atoms with Gasteiger partial charge in [-0.05, 0) is 30.2 Å². The lowest BCUT2D eigenvalue weighted by molar-refractivity contribution is -0.150. The number of hydrogen-bond donors (Lipinski definition) is 2. The quantitative estimate of drug-likeness (QED) is 0.665. The number of benzene rings is 1. The summed E-state index contributed by atoms with van der Waals surface area (Å²) >= 11 is 3.21. The average Bonchev–Trinajstić information content (AvgIpc) is 2.42. The molecule has 0 bridgehead atoms. The third kappa shape index (κ3) is 5.39. The van der Waals surface area contributed by atoms with E-state index in [4.69, 9.17) is 5.73 Å². The number of sulfonamides is 1. The second kappa shape index (κ2) is 7.70. The zero-order valence-electron chi connectivity index (χ0n) is 12.1. The predicted molar refractivity (Wildman–Crippen MR) is 83.2 cm³/mol. The number of nitrogens with two attached hydrogens (primary N) is 1. The highest BCUT2D eigenvalue weighted by molar-refractivity contribution is 9.10. The number of halogens is 1. The van der Waals surface area contributed by atoms with Crippen LogP contribution < -0.4 is 10.5 Å². The summed E-state index contributed by atoms with van der Waals surface area (Å²) in [6.07, 6.45) is 0. The van der Waals surface area contributed by atoms with Crippen LogP contribution in [0.25, 0.3) is 0 Å². The summed E-state index contributed by atoms with van der Waals surface area (Å²) in [5.74, 6) is -2.04. The molecule has 1 atom stereocenters. The van der Waals surface area contributed by atoms with Gasteiger partial charge in [-0.25, -0.2) is 8.42 Å². The molecule has 0 saturated carbocycles. The zero-order valence-corrected chi connectivity index (χ0v) is 14.5. The summed E-state index contributed by atoms with van der Waals surface area (Å²) in [6.45, 7) is 2.71. The Hall–Kier alpha value is -1.45. The van der Waals surface area contributed by atoms with Crippen LogP contribution in [0.5, 0.6) is 0 Å². The number of carbonyl (C=O) groups is 2. The van der Waals surface area contributed by atoms with Crippen molar-refractivity contribution < 1.29 is 22.7 Å². The first-order valence-electron chi connectivity index (χ1n) is 6.36. The Bertz CT molecular complexity index is 643. The normalized spacial score (nSPS) is 12.9. The van der Waals surface area contributed by atoms with Crippen molar-refractivity contribution in [3.05, 3.63) is 28.7 Å². The lowest BCUT2D eigenvalue weighted by Crippen LogP contribution is -2.45. The first-order chi connectivity index (χ1) is 10.1. The number of nitrogens with one attached hydrogen (secondary N) is 1. The highest BCUT2D eigenvalue weighted by atomic mass is 79.9. The molecule has 0 saturated heterocycles. The van der Waals surface area contributed by atoms with Crippen LogP contribution in [0, 0.1) is 5.92 Å². The van der Waals surface area contributed by atoms with Gasteiger partial charge in [0, 0.05) is 4.47 Å². The molecule has 1 amide bonds. The molecule has 0 heterocycles. The molecule has 1 aromatic carbocycles. The Morgan fingerprint density at radius 1 is 1.27 bits per heavy atom. The molecular formula is C13H17BrN2O5S. The minimum Gasteiger partial charge on any atom is -0.454 e. The van der Waals surface area contributed by atoms with Crippen molar-refractivity contribution >= 4 is 37.8 Å². The number of hydrogen-bond acceptors (Lipinski definition) is 5. The van der Waals surface area contributed by atoms with E-state index < -0.39 is 34.5 Å². The highest BCUT2D eigenvalue weighted by Gasteiger charge is 2.29. The fourth-order valence-corrected chi connectivity index (χ4v) is 3.13. The summed E-state index contributed by atoms with van der Waals surface area (Å²) in [5, 5.41) is 0. The van der Waals surface area contributed by atoms with E-state index in [0.29, 0.717) is 0 Å². The predicted octanol–water partition coefficient (Wildman–Crippen LogP) is 0.781. The minimum absolute atomic E-state index is 0.0176. The molecule has 0 aromatic heterocycles. The van der Waals surface area contributed by atoms with Gasteiger partial charge in [0.05, 0.1) is 4.90 Å². The van der Waals surface area contributed by atoms with Gasteiger partial charge in [-0.1, -0.05) is 29.8 Å². The molecule has 0 aliphatic rings. The van der Waals surface area contributed by atoms with E-state index in [1.54, 1.807) is 26.0 Å². The Kier molecular flexibility index (Phi) is 6.51. The SMILES string of the molecule is CC(C)[C@H](NS(=O)(=O)c1ccc(Br)cc1)C(=O)OCC(N)=O. The molecule has 7 nitrogen and oxygen atoms in total. The van der Waals surface area contributed by atoms with Gasteiger partial charge < -0.3 is 10.5 Å². The molecule has 3 N–H and O–H groups in total. The van der Waals surface area contributed by atoms with E-state index in [1.165, 1.54) is 12.1 Å². The topological polar surface area (TPSA) is 116 Å². The molecule has 0 spiro atoms. The molecule has 0 fully saturated rings. The number of amides is 1. The maximum Gasteiger partial charge on any atom is 0.324 e. The van der Waals surface area contributed by atoms with Gasteiger partial charge >= 0.3 is 5.97 Å². The summed E-state index contributed by atoms with van der Waals surface area (Å²) in [6, 6.07) is 4.83. The van der Waals surface area contributed by atoms with Crippen LogP contribution in [0.2, 0.25) is 0 Å². The first-order valence-corrected chi connectivity index (χ1v) is 8.64. The molecule has 0 aliphatic carbocycles. The van der Waals surface area contributed by atoms with Gasteiger partial charge in [0.25, 0.3) is 5.91 Å². The number of esters is 1. The smallest absolute Gasteiger partial charge is 0.324 e. The number of primary amides is 1. The van der Waals surface area contributed by atoms with Crippen molar-refractivity contribution in [2.45, 2.75) is 24.8 Å². The van der Waals surface area contributed by atoms with E-state index >= 15 is 0 Å². The lowest BCUT2D eigenvalue weighted by Gasteiger charge is -2.20. The monoisotopic (exact) mass is 392 g/mol. The van der Waals surface area contributed by atoms with Crippen molar-refractivity contribution in [3.63, 3.8) is 0 Å². The van der Waals surface area contributed by atoms with Gasteiger partial charge in [0.2, 0.25) is 10.0 Å². The molecule has 0 radical (unpaired) electrons. The molecule has 9 heteroatoms. The largest absolute Gasteiger partial charge is 0.454 e. The van der Waals surface area contributed by atoms with E-state index in [2.05, 4.69) is 25.4 Å². The van der Waals surface area contributed by atoms with Gasteiger partial charge in [-0.15, -0.1) is 0 Å². The maximum absolute atomic E-state index is 12.3. The standard InChI is InChI=1S/C13H17BrN2O5S/c1-8(2)12(13(18)21-7-11(15)17)16-22(19,20)10-5-3-9(14)4-6-10/h3-6,8,12,16H,7H2,1-2H3,(H2,15,17)/t12-/m0/s1. The average molecular weight is 393 g/mol. The van der Waals surface area contributed by atoms with Crippen LogP contribution in [0.1, 0.15) is 13.8 Å². The summed E-state index contributed by atoms with van der Waals surface area (Å²) in [4.78, 5) is 22.5. The maximum atomic E-state index is 12.3. The van der Waals surface area contributed by atoms with Crippen LogP contribution in [-0.2, 0) is 24.3 Å². The van der Waals surface area contributed by atoms with Crippen molar-refractivity contribution in [2.24, 2.45) is 11.7 Å². The third-order valence-electron chi connectivity index (χ3n) is 2.68. The second-order valence-corrected chi connectivity index (χ2v) is 7.50. The minimum atomic E-state index is -3.89. The van der Waals surface area contributed by atoms with Gasteiger partial charge in [0.15, 0.2) is 6.61 Å². The molecule has 0 aliphatic heterocycles. The van der Waals surface area contributed by atoms with E-state index in [0.717, 1.165) is 4.47 Å². The van der Waals surface area contributed by atoms with Crippen molar-refractivity contribution in [1.82, 2.24) is 4.72 Å². The van der Waals surface area contributed by atoms with Crippen LogP contribution >= 0.6 is 15.9 Å². The molecule has 1 aromatic rings. The molecular weight excluding hydrogens is 376 g/mol. The summed E-state index contributed by atoms with van der Waals surface area (Å²) < 4.78 is 32.2. The zero-order chi connectivity index (χ0) is 16.9. The first kappa shape index (κ1) is 18.6.